The Morgan fingerprint density at radius 2 is 1.53 bits per heavy atom. The summed E-state index contributed by atoms with van der Waals surface area (Å²) in [6, 6.07) is 0. The largest absolute Gasteiger partial charge is 0.379 e. The second kappa shape index (κ2) is 13.4. The van der Waals surface area contributed by atoms with Crippen molar-refractivity contribution in [2.45, 2.75) is 26.7 Å². The van der Waals surface area contributed by atoms with Crippen LogP contribution in [0.4, 0.5) is 0 Å². The van der Waals surface area contributed by atoms with Crippen molar-refractivity contribution < 1.29 is 19.0 Å². The highest BCUT2D eigenvalue weighted by molar-refractivity contribution is 5.75. The lowest BCUT2D eigenvalue weighted by Gasteiger charge is -2.06. The number of ether oxygens (including phenoxy) is 3. The van der Waals surface area contributed by atoms with Gasteiger partial charge in [0.15, 0.2) is 0 Å². The molecule has 0 unspecified atom stereocenters. The van der Waals surface area contributed by atoms with Gasteiger partial charge in [0.05, 0.1) is 26.4 Å². The van der Waals surface area contributed by atoms with Gasteiger partial charge in [0.25, 0.3) is 0 Å². The first-order valence-corrected chi connectivity index (χ1v) is 6.31. The normalized spacial score (nSPS) is 10.5. The minimum absolute atomic E-state index is 0.0873. The van der Waals surface area contributed by atoms with Gasteiger partial charge in [0, 0.05) is 26.2 Å². The zero-order valence-electron chi connectivity index (χ0n) is 11.0. The molecule has 0 atom stereocenters. The van der Waals surface area contributed by atoms with Gasteiger partial charge in [-0.15, -0.1) is 0 Å². The molecule has 102 valence electrons. The van der Waals surface area contributed by atoms with Crippen LogP contribution in [0.5, 0.6) is 0 Å². The third-order valence-corrected chi connectivity index (χ3v) is 2.06. The van der Waals surface area contributed by atoms with Crippen molar-refractivity contribution in [3.63, 3.8) is 0 Å². The Bertz CT molecular complexity index is 176. The molecule has 0 aliphatic heterocycles. The molecule has 17 heavy (non-hydrogen) atoms. The summed E-state index contributed by atoms with van der Waals surface area (Å²) in [6.45, 7) is 8.29. The monoisotopic (exact) mass is 247 g/mol. The van der Waals surface area contributed by atoms with Crippen molar-refractivity contribution in [3.05, 3.63) is 0 Å². The van der Waals surface area contributed by atoms with Crippen LogP contribution in [0, 0.1) is 0 Å². The van der Waals surface area contributed by atoms with E-state index in [1.54, 1.807) is 0 Å². The Kier molecular flexibility index (Phi) is 12.9. The van der Waals surface area contributed by atoms with E-state index in [0.717, 1.165) is 13.0 Å². The number of carbonyl (C=O) groups excluding carboxylic acids is 1. The van der Waals surface area contributed by atoms with Gasteiger partial charge in [-0.3, -0.25) is 4.79 Å². The number of carbonyl (C=O) groups is 1. The van der Waals surface area contributed by atoms with E-state index < -0.39 is 0 Å². The molecule has 0 heterocycles. The minimum atomic E-state index is 0.0873. The average molecular weight is 247 g/mol. The average Bonchev–Trinajstić information content (AvgIpc) is 2.35. The number of hydrogen-bond donors (Lipinski definition) is 1. The molecule has 0 spiro atoms. The third kappa shape index (κ3) is 13.3. The summed E-state index contributed by atoms with van der Waals surface area (Å²) in [6.07, 6.45) is 1.37. The van der Waals surface area contributed by atoms with E-state index in [2.05, 4.69) is 5.32 Å². The van der Waals surface area contributed by atoms with Gasteiger partial charge in [-0.2, -0.15) is 0 Å². The molecule has 5 nitrogen and oxygen atoms in total. The molecule has 0 aromatic heterocycles. The maximum Gasteiger partial charge on any atom is 0.219 e. The molecule has 0 rings (SSSR count). The van der Waals surface area contributed by atoms with Crippen LogP contribution in [0.2, 0.25) is 0 Å². The van der Waals surface area contributed by atoms with Crippen molar-refractivity contribution in [3.8, 4) is 0 Å². The Balaban J connectivity index is 2.96. The Hall–Kier alpha value is -0.650. The summed E-state index contributed by atoms with van der Waals surface area (Å²) in [5.74, 6) is 0.0873. The second-order valence-electron chi connectivity index (χ2n) is 3.48. The van der Waals surface area contributed by atoms with Crippen molar-refractivity contribution in [1.29, 1.82) is 0 Å². The molecule has 0 saturated heterocycles. The molecule has 1 N–H and O–H groups in total. The predicted octanol–water partition coefficient (Wildman–Crippen LogP) is 0.972. The first-order chi connectivity index (χ1) is 8.31. The molecule has 0 bridgehead atoms. The number of nitrogens with one attached hydrogen (secondary N) is 1. The smallest absolute Gasteiger partial charge is 0.219 e. The predicted molar refractivity (Wildman–Crippen MR) is 66.0 cm³/mol. The maximum absolute atomic E-state index is 10.9. The van der Waals surface area contributed by atoms with Crippen molar-refractivity contribution in [1.82, 2.24) is 5.32 Å². The quantitative estimate of drug-likeness (QED) is 0.522. The molecular formula is C12H25NO4. The molecule has 1 amide bonds. The fraction of sp³-hybridized carbons (Fsp3) is 0.917. The lowest BCUT2D eigenvalue weighted by atomic mass is 10.4. The zero-order chi connectivity index (χ0) is 12.8. The zero-order valence-corrected chi connectivity index (χ0v) is 11.0. The van der Waals surface area contributed by atoms with Gasteiger partial charge in [0.1, 0.15) is 0 Å². The van der Waals surface area contributed by atoms with Crippen LogP contribution in [0.3, 0.4) is 0 Å². The Morgan fingerprint density at radius 1 is 0.941 bits per heavy atom. The molecule has 0 aliphatic carbocycles. The van der Waals surface area contributed by atoms with Gasteiger partial charge in [-0.1, -0.05) is 6.92 Å². The number of amides is 1. The van der Waals surface area contributed by atoms with Crippen LogP contribution in [0.25, 0.3) is 0 Å². The highest BCUT2D eigenvalue weighted by atomic mass is 16.5. The number of rotatable bonds is 12. The van der Waals surface area contributed by atoms with Crippen LogP contribution in [0.1, 0.15) is 26.7 Å². The molecule has 0 saturated carbocycles. The number of hydrogen-bond acceptors (Lipinski definition) is 4. The first kappa shape index (κ1) is 16.4. The van der Waals surface area contributed by atoms with E-state index in [4.69, 9.17) is 14.2 Å². The van der Waals surface area contributed by atoms with E-state index >= 15 is 0 Å². The maximum atomic E-state index is 10.9. The SMILES string of the molecule is CCOCCOCCOCCCNC(=O)CC. The van der Waals surface area contributed by atoms with Crippen LogP contribution < -0.4 is 5.32 Å². The summed E-state index contributed by atoms with van der Waals surface area (Å²) in [7, 11) is 0. The summed E-state index contributed by atoms with van der Waals surface area (Å²) in [4.78, 5) is 10.9. The van der Waals surface area contributed by atoms with Gasteiger partial charge in [0.2, 0.25) is 5.91 Å². The van der Waals surface area contributed by atoms with Crippen LogP contribution >= 0.6 is 0 Å². The van der Waals surface area contributed by atoms with Crippen molar-refractivity contribution >= 4 is 5.91 Å². The van der Waals surface area contributed by atoms with Gasteiger partial charge in [-0.25, -0.2) is 0 Å². The molecular weight excluding hydrogens is 222 g/mol. The van der Waals surface area contributed by atoms with E-state index in [9.17, 15) is 4.79 Å². The topological polar surface area (TPSA) is 56.8 Å². The Labute approximate surface area is 104 Å². The third-order valence-electron chi connectivity index (χ3n) is 2.06. The first-order valence-electron chi connectivity index (χ1n) is 6.31. The summed E-state index contributed by atoms with van der Waals surface area (Å²) < 4.78 is 15.7. The molecule has 0 aromatic carbocycles. The van der Waals surface area contributed by atoms with E-state index in [1.807, 2.05) is 13.8 Å². The standard InChI is InChI=1S/C12H25NO4/c1-3-12(14)13-6-5-7-16-10-11-17-9-8-15-4-2/h3-11H2,1-2H3,(H,13,14). The van der Waals surface area contributed by atoms with E-state index in [1.165, 1.54) is 0 Å². The fourth-order valence-corrected chi connectivity index (χ4v) is 1.11. The minimum Gasteiger partial charge on any atom is -0.379 e. The highest BCUT2D eigenvalue weighted by Gasteiger charge is 1.95. The summed E-state index contributed by atoms with van der Waals surface area (Å²) in [5, 5.41) is 2.79. The fourth-order valence-electron chi connectivity index (χ4n) is 1.11. The summed E-state index contributed by atoms with van der Waals surface area (Å²) >= 11 is 0. The molecule has 0 aromatic rings. The van der Waals surface area contributed by atoms with E-state index in [0.29, 0.717) is 46.0 Å². The van der Waals surface area contributed by atoms with Crippen molar-refractivity contribution in [2.75, 3.05) is 46.2 Å². The van der Waals surface area contributed by atoms with E-state index in [-0.39, 0.29) is 5.91 Å². The van der Waals surface area contributed by atoms with Gasteiger partial charge >= 0.3 is 0 Å². The molecule has 0 fully saturated rings. The lowest BCUT2D eigenvalue weighted by Crippen LogP contribution is -2.24. The lowest BCUT2D eigenvalue weighted by molar-refractivity contribution is -0.120. The van der Waals surface area contributed by atoms with Crippen molar-refractivity contribution in [2.24, 2.45) is 0 Å². The second-order valence-corrected chi connectivity index (χ2v) is 3.48. The molecule has 0 radical (unpaired) electrons. The Morgan fingerprint density at radius 3 is 2.12 bits per heavy atom. The van der Waals surface area contributed by atoms with Crippen LogP contribution in [0.15, 0.2) is 0 Å². The van der Waals surface area contributed by atoms with Crippen LogP contribution in [-0.2, 0) is 19.0 Å². The summed E-state index contributed by atoms with van der Waals surface area (Å²) in [5.41, 5.74) is 0. The van der Waals surface area contributed by atoms with Gasteiger partial charge < -0.3 is 19.5 Å². The highest BCUT2D eigenvalue weighted by Crippen LogP contribution is 1.84. The van der Waals surface area contributed by atoms with Crippen LogP contribution in [-0.4, -0.2) is 52.1 Å². The van der Waals surface area contributed by atoms with Gasteiger partial charge in [-0.05, 0) is 13.3 Å². The molecule has 0 aliphatic rings. The molecule has 5 heteroatoms.